The van der Waals surface area contributed by atoms with E-state index in [1.807, 2.05) is 30.3 Å². The van der Waals surface area contributed by atoms with E-state index >= 15 is 0 Å². The van der Waals surface area contributed by atoms with Crippen molar-refractivity contribution in [2.75, 3.05) is 46.9 Å². The van der Waals surface area contributed by atoms with E-state index in [2.05, 4.69) is 26.6 Å². The van der Waals surface area contributed by atoms with Crippen LogP contribution in [-0.2, 0) is 4.79 Å². The summed E-state index contributed by atoms with van der Waals surface area (Å²) in [4.78, 5) is 20.8. The number of hydrogen-bond donors (Lipinski definition) is 2. The third-order valence-corrected chi connectivity index (χ3v) is 6.06. The number of rotatable bonds is 7. The molecule has 4 rings (SSSR count). The van der Waals surface area contributed by atoms with Gasteiger partial charge in [0.05, 0.1) is 25.0 Å². The Labute approximate surface area is 189 Å². The van der Waals surface area contributed by atoms with Crippen LogP contribution in [0.1, 0.15) is 42.7 Å². The molecule has 0 spiro atoms. The first kappa shape index (κ1) is 22.2. The lowest BCUT2D eigenvalue weighted by Crippen LogP contribution is -2.45. The van der Waals surface area contributed by atoms with Gasteiger partial charge in [-0.2, -0.15) is 0 Å². The summed E-state index contributed by atoms with van der Waals surface area (Å²) in [5, 5.41) is 7.02. The number of amides is 1. The van der Waals surface area contributed by atoms with Crippen molar-refractivity contribution in [1.29, 1.82) is 0 Å². The number of furan rings is 1. The van der Waals surface area contributed by atoms with Crippen LogP contribution in [0.3, 0.4) is 0 Å². The van der Waals surface area contributed by atoms with Crippen molar-refractivity contribution in [2.45, 2.75) is 31.3 Å². The summed E-state index contributed by atoms with van der Waals surface area (Å²) in [6.45, 7) is 3.48. The van der Waals surface area contributed by atoms with Crippen molar-refractivity contribution in [1.82, 2.24) is 20.4 Å². The van der Waals surface area contributed by atoms with Crippen LogP contribution in [0, 0.1) is 0 Å². The highest BCUT2D eigenvalue weighted by atomic mass is 16.5. The zero-order valence-electron chi connectivity index (χ0n) is 18.9. The zero-order valence-corrected chi connectivity index (χ0v) is 18.9. The minimum Gasteiger partial charge on any atom is -0.493 e. The normalized spacial score (nSPS) is 19.7. The molecule has 0 radical (unpaired) electrons. The van der Waals surface area contributed by atoms with Gasteiger partial charge in [-0.15, -0.1) is 0 Å². The van der Waals surface area contributed by atoms with Crippen molar-refractivity contribution in [2.24, 2.45) is 4.99 Å². The number of aliphatic imine (C=N–C) groups is 1. The van der Waals surface area contributed by atoms with Crippen LogP contribution in [0.4, 0.5) is 0 Å². The van der Waals surface area contributed by atoms with Gasteiger partial charge < -0.3 is 24.7 Å². The van der Waals surface area contributed by atoms with E-state index in [9.17, 15) is 4.79 Å². The van der Waals surface area contributed by atoms with Gasteiger partial charge in [-0.05, 0) is 44.1 Å². The Hall–Kier alpha value is -3.00. The number of nitrogens with zero attached hydrogens (tertiary/aromatic N) is 3. The molecule has 2 aliphatic heterocycles. The third kappa shape index (κ3) is 5.43. The Balaban J connectivity index is 1.50. The molecule has 8 nitrogen and oxygen atoms in total. The van der Waals surface area contributed by atoms with Gasteiger partial charge >= 0.3 is 0 Å². The summed E-state index contributed by atoms with van der Waals surface area (Å²) in [6.07, 6.45) is 4.95. The SMILES string of the molecule is CN(C)C(=O)CN=C(NCC(c1ccco1)N1CCCC1)NC1CCOc2ccccc21. The highest BCUT2D eigenvalue weighted by molar-refractivity contribution is 5.85. The number of likely N-dealkylation sites (N-methyl/N-ethyl adjacent to an activating group) is 1. The molecule has 2 aromatic rings. The molecule has 1 aromatic heterocycles. The van der Waals surface area contributed by atoms with E-state index < -0.39 is 0 Å². The summed E-state index contributed by atoms with van der Waals surface area (Å²) < 4.78 is 11.5. The van der Waals surface area contributed by atoms with Gasteiger partial charge in [0.2, 0.25) is 5.91 Å². The molecule has 1 amide bonds. The Bertz CT molecular complexity index is 906. The first-order valence-corrected chi connectivity index (χ1v) is 11.4. The molecule has 2 N–H and O–H groups in total. The Kier molecular flexibility index (Phi) is 7.32. The summed E-state index contributed by atoms with van der Waals surface area (Å²) in [5.74, 6) is 2.42. The number of carbonyl (C=O) groups excluding carboxylic acids is 1. The number of carbonyl (C=O) groups is 1. The lowest BCUT2D eigenvalue weighted by molar-refractivity contribution is -0.127. The second-order valence-electron chi connectivity index (χ2n) is 8.48. The van der Waals surface area contributed by atoms with Crippen LogP contribution >= 0.6 is 0 Å². The van der Waals surface area contributed by atoms with Gasteiger partial charge in [0.15, 0.2) is 5.96 Å². The molecule has 1 aromatic carbocycles. The number of para-hydroxylation sites is 1. The molecule has 32 heavy (non-hydrogen) atoms. The average Bonchev–Trinajstić information content (AvgIpc) is 3.52. The molecule has 1 saturated heterocycles. The fraction of sp³-hybridized carbons (Fsp3) is 0.500. The number of fused-ring (bicyclic) bond motifs is 1. The molecule has 1 fully saturated rings. The lowest BCUT2D eigenvalue weighted by Gasteiger charge is -2.30. The Morgan fingerprint density at radius 1 is 1.22 bits per heavy atom. The monoisotopic (exact) mass is 439 g/mol. The second-order valence-corrected chi connectivity index (χ2v) is 8.48. The topological polar surface area (TPSA) is 82.3 Å². The molecule has 172 valence electrons. The van der Waals surface area contributed by atoms with Crippen molar-refractivity contribution in [3.05, 3.63) is 54.0 Å². The molecule has 2 aliphatic rings. The summed E-state index contributed by atoms with van der Waals surface area (Å²) >= 11 is 0. The quantitative estimate of drug-likeness (QED) is 0.510. The standard InChI is InChI=1S/C24H33N5O3/c1-28(2)23(30)17-26-24(27-19-11-15-32-21-9-4-3-8-18(19)21)25-16-20(22-10-7-14-31-22)29-12-5-6-13-29/h3-4,7-10,14,19-20H,5-6,11-13,15-17H2,1-2H3,(H2,25,26,27). The second kappa shape index (κ2) is 10.5. The highest BCUT2D eigenvalue weighted by Crippen LogP contribution is 2.31. The average molecular weight is 440 g/mol. The largest absolute Gasteiger partial charge is 0.493 e. The molecule has 8 heteroatoms. The number of hydrogen-bond acceptors (Lipinski definition) is 5. The first-order chi connectivity index (χ1) is 15.6. The van der Waals surface area contributed by atoms with Crippen molar-refractivity contribution in [3.63, 3.8) is 0 Å². The van der Waals surface area contributed by atoms with Gasteiger partial charge in [-0.3, -0.25) is 9.69 Å². The van der Waals surface area contributed by atoms with Crippen LogP contribution in [0.5, 0.6) is 5.75 Å². The maximum Gasteiger partial charge on any atom is 0.243 e. The minimum absolute atomic E-state index is 0.0411. The molecule has 0 bridgehead atoms. The molecular formula is C24H33N5O3. The minimum atomic E-state index is -0.0411. The lowest BCUT2D eigenvalue weighted by atomic mass is 10.0. The van der Waals surface area contributed by atoms with E-state index in [1.165, 1.54) is 12.8 Å². The van der Waals surface area contributed by atoms with Crippen LogP contribution in [0.25, 0.3) is 0 Å². The van der Waals surface area contributed by atoms with Crippen molar-refractivity contribution >= 4 is 11.9 Å². The zero-order chi connectivity index (χ0) is 22.3. The molecule has 0 aliphatic carbocycles. The van der Waals surface area contributed by atoms with Crippen molar-refractivity contribution < 1.29 is 13.9 Å². The molecule has 2 atom stereocenters. The molecule has 0 saturated carbocycles. The van der Waals surface area contributed by atoms with Gasteiger partial charge in [0.1, 0.15) is 18.1 Å². The fourth-order valence-electron chi connectivity index (χ4n) is 4.23. The van der Waals surface area contributed by atoms with E-state index in [0.717, 1.165) is 36.6 Å². The summed E-state index contributed by atoms with van der Waals surface area (Å²) in [7, 11) is 3.49. The van der Waals surface area contributed by atoms with Gasteiger partial charge in [0.25, 0.3) is 0 Å². The van der Waals surface area contributed by atoms with Crippen LogP contribution in [0.15, 0.2) is 52.1 Å². The maximum absolute atomic E-state index is 12.2. The van der Waals surface area contributed by atoms with E-state index in [0.29, 0.717) is 19.1 Å². The summed E-state index contributed by atoms with van der Waals surface area (Å²) in [6, 6.07) is 12.2. The van der Waals surface area contributed by atoms with E-state index in [-0.39, 0.29) is 24.5 Å². The number of nitrogens with one attached hydrogen (secondary N) is 2. The predicted octanol–water partition coefficient (Wildman–Crippen LogP) is 2.56. The number of benzene rings is 1. The first-order valence-electron chi connectivity index (χ1n) is 11.4. The summed E-state index contributed by atoms with van der Waals surface area (Å²) in [5.41, 5.74) is 1.11. The predicted molar refractivity (Wildman–Crippen MR) is 124 cm³/mol. The Morgan fingerprint density at radius 2 is 2.03 bits per heavy atom. The number of guanidine groups is 1. The molecule has 3 heterocycles. The van der Waals surface area contributed by atoms with Crippen LogP contribution in [-0.4, -0.2) is 68.5 Å². The van der Waals surface area contributed by atoms with Gasteiger partial charge in [-0.25, -0.2) is 4.99 Å². The number of ether oxygens (including phenoxy) is 1. The maximum atomic E-state index is 12.2. The van der Waals surface area contributed by atoms with E-state index in [4.69, 9.17) is 9.15 Å². The molecular weight excluding hydrogens is 406 g/mol. The molecule has 2 unspecified atom stereocenters. The third-order valence-electron chi connectivity index (χ3n) is 6.06. The highest BCUT2D eigenvalue weighted by Gasteiger charge is 2.27. The number of likely N-dealkylation sites (tertiary alicyclic amines) is 1. The Morgan fingerprint density at radius 3 is 2.78 bits per heavy atom. The smallest absolute Gasteiger partial charge is 0.243 e. The van der Waals surface area contributed by atoms with Gasteiger partial charge in [0, 0.05) is 32.6 Å². The van der Waals surface area contributed by atoms with E-state index in [1.54, 1.807) is 25.3 Å². The van der Waals surface area contributed by atoms with Crippen molar-refractivity contribution in [3.8, 4) is 5.75 Å². The fourth-order valence-corrected chi connectivity index (χ4v) is 4.23. The van der Waals surface area contributed by atoms with Crippen LogP contribution in [0.2, 0.25) is 0 Å². The van der Waals surface area contributed by atoms with Gasteiger partial charge in [-0.1, -0.05) is 18.2 Å². The van der Waals surface area contributed by atoms with Crippen LogP contribution < -0.4 is 15.4 Å².